The number of carboxylic acid groups (broad SMARTS) is 1. The average Bonchev–Trinajstić information content (AvgIpc) is 2.40. The Bertz CT molecular complexity index is 533. The van der Waals surface area contributed by atoms with Crippen LogP contribution in [-0.2, 0) is 48.3 Å². The predicted octanol–water partition coefficient (Wildman–Crippen LogP) is 3.06. The number of hydrogen-bond donors (Lipinski definition) is 1. The molecule has 0 heterocycles. The van der Waals surface area contributed by atoms with E-state index >= 15 is 0 Å². The zero-order chi connectivity index (χ0) is 13.7. The van der Waals surface area contributed by atoms with Crippen molar-refractivity contribution in [2.75, 3.05) is 5.75 Å². The van der Waals surface area contributed by atoms with Gasteiger partial charge in [0.05, 0.1) is 5.25 Å². The van der Waals surface area contributed by atoms with Gasteiger partial charge in [-0.3, -0.25) is 9.00 Å². The van der Waals surface area contributed by atoms with E-state index in [9.17, 15) is 9.00 Å². The standard InChI is InChI=1S/C15H14O3S.CH3.Y/c16-14(17)11-19(18)15(12-7-3-1-4-8-12)13-9-5-2-6-10-13;;/h1-10,15H,11H2,(H,16,17);1H3;/q;-1;. The van der Waals surface area contributed by atoms with Crippen LogP contribution in [-0.4, -0.2) is 21.0 Å². The molecule has 0 bridgehead atoms. The van der Waals surface area contributed by atoms with E-state index in [0.717, 1.165) is 11.1 Å². The van der Waals surface area contributed by atoms with E-state index < -0.39 is 22.0 Å². The van der Waals surface area contributed by atoms with Crippen molar-refractivity contribution in [3.05, 3.63) is 79.2 Å². The summed E-state index contributed by atoms with van der Waals surface area (Å²) in [5, 5.41) is 8.43. The van der Waals surface area contributed by atoms with Crippen molar-refractivity contribution in [2.45, 2.75) is 5.25 Å². The fourth-order valence-electron chi connectivity index (χ4n) is 1.96. The van der Waals surface area contributed by atoms with E-state index in [0.29, 0.717) is 0 Å². The molecule has 109 valence electrons. The Labute approximate surface area is 153 Å². The van der Waals surface area contributed by atoms with Crippen LogP contribution in [0.2, 0.25) is 0 Å². The Morgan fingerprint density at radius 2 is 1.33 bits per heavy atom. The summed E-state index contributed by atoms with van der Waals surface area (Å²) in [5.74, 6) is -1.40. The normalized spacial score (nSPS) is 11.1. The maximum atomic E-state index is 12.3. The van der Waals surface area contributed by atoms with Gasteiger partial charge < -0.3 is 12.5 Å². The minimum Gasteiger partial charge on any atom is -0.481 e. The van der Waals surface area contributed by atoms with E-state index in [1.807, 2.05) is 60.7 Å². The van der Waals surface area contributed by atoms with E-state index in [4.69, 9.17) is 5.11 Å². The van der Waals surface area contributed by atoms with Crippen LogP contribution < -0.4 is 0 Å². The molecule has 0 aliphatic heterocycles. The van der Waals surface area contributed by atoms with Gasteiger partial charge >= 0.3 is 5.97 Å². The maximum Gasteiger partial charge on any atom is 0.316 e. The molecule has 0 fully saturated rings. The maximum absolute atomic E-state index is 12.3. The summed E-state index contributed by atoms with van der Waals surface area (Å²) in [7, 11) is -1.49. The topological polar surface area (TPSA) is 54.4 Å². The fourth-order valence-corrected chi connectivity index (χ4v) is 3.29. The first-order valence-corrected chi connectivity index (χ1v) is 7.25. The number of carbonyl (C=O) groups is 1. The van der Waals surface area contributed by atoms with Crippen molar-refractivity contribution >= 4 is 16.8 Å². The molecule has 0 aliphatic rings. The minimum atomic E-state index is -1.49. The Kier molecular flexibility index (Phi) is 9.59. The van der Waals surface area contributed by atoms with Gasteiger partial charge in [-0.15, -0.1) is 0 Å². The van der Waals surface area contributed by atoms with Crippen LogP contribution in [0.5, 0.6) is 0 Å². The first-order valence-electron chi connectivity index (χ1n) is 5.87. The summed E-state index contributed by atoms with van der Waals surface area (Å²) in [6.07, 6.45) is 0. The molecule has 0 amide bonds. The van der Waals surface area contributed by atoms with Crippen LogP contribution in [0, 0.1) is 7.43 Å². The second-order valence-electron chi connectivity index (χ2n) is 4.12. The molecule has 5 heteroatoms. The van der Waals surface area contributed by atoms with Crippen molar-refractivity contribution in [3.63, 3.8) is 0 Å². The largest absolute Gasteiger partial charge is 0.481 e. The molecule has 3 nitrogen and oxygen atoms in total. The number of rotatable bonds is 5. The van der Waals surface area contributed by atoms with Gasteiger partial charge in [-0.25, -0.2) is 0 Å². The quantitative estimate of drug-likeness (QED) is 0.814. The molecule has 1 N–H and O–H groups in total. The Hall–Kier alpha value is -0.836. The van der Waals surface area contributed by atoms with Crippen molar-refractivity contribution in [1.82, 2.24) is 0 Å². The van der Waals surface area contributed by atoms with Gasteiger partial charge in [0.2, 0.25) is 0 Å². The average molecular weight is 378 g/mol. The van der Waals surface area contributed by atoms with Gasteiger partial charge in [0.15, 0.2) is 0 Å². The van der Waals surface area contributed by atoms with Gasteiger partial charge in [-0.05, 0) is 11.1 Å². The molecular formula is C16H17O3SY-. The molecule has 1 atom stereocenters. The first kappa shape index (κ1) is 20.2. The van der Waals surface area contributed by atoms with Gasteiger partial charge in [-0.1, -0.05) is 60.7 Å². The van der Waals surface area contributed by atoms with Crippen LogP contribution in [0.1, 0.15) is 16.4 Å². The molecule has 2 rings (SSSR count). The van der Waals surface area contributed by atoms with Crippen molar-refractivity contribution in [2.24, 2.45) is 0 Å². The number of aliphatic carboxylic acids is 1. The second-order valence-corrected chi connectivity index (χ2v) is 5.64. The van der Waals surface area contributed by atoms with Gasteiger partial charge in [0.1, 0.15) is 5.75 Å². The molecular weight excluding hydrogens is 361 g/mol. The zero-order valence-electron chi connectivity index (χ0n) is 11.8. The summed E-state index contributed by atoms with van der Waals surface area (Å²) in [5.41, 5.74) is 1.74. The molecule has 0 aromatic heterocycles. The van der Waals surface area contributed by atoms with Crippen molar-refractivity contribution in [1.29, 1.82) is 0 Å². The summed E-state index contributed by atoms with van der Waals surface area (Å²) in [6, 6.07) is 18.7. The summed E-state index contributed by atoms with van der Waals surface area (Å²) >= 11 is 0. The molecule has 1 unspecified atom stereocenters. The molecule has 0 saturated heterocycles. The van der Waals surface area contributed by atoms with Gasteiger partial charge in [-0.2, -0.15) is 0 Å². The van der Waals surface area contributed by atoms with Crippen LogP contribution in [0.3, 0.4) is 0 Å². The van der Waals surface area contributed by atoms with Crippen molar-refractivity contribution < 1.29 is 46.8 Å². The van der Waals surface area contributed by atoms with Gasteiger partial charge in [0.25, 0.3) is 0 Å². The molecule has 1 radical (unpaired) electrons. The van der Waals surface area contributed by atoms with E-state index in [1.165, 1.54) is 0 Å². The third-order valence-electron chi connectivity index (χ3n) is 2.73. The smallest absolute Gasteiger partial charge is 0.316 e. The van der Waals surface area contributed by atoms with E-state index in [1.54, 1.807) is 0 Å². The predicted molar refractivity (Wildman–Crippen MR) is 81.8 cm³/mol. The Morgan fingerprint density at radius 1 is 0.952 bits per heavy atom. The van der Waals surface area contributed by atoms with Crippen molar-refractivity contribution in [3.8, 4) is 0 Å². The van der Waals surface area contributed by atoms with Crippen LogP contribution in [0.25, 0.3) is 0 Å². The number of carboxylic acids is 1. The Balaban J connectivity index is 0.00000200. The molecule has 21 heavy (non-hydrogen) atoms. The van der Waals surface area contributed by atoms with E-state index in [2.05, 4.69) is 0 Å². The summed E-state index contributed by atoms with van der Waals surface area (Å²) in [6.45, 7) is 0. The zero-order valence-corrected chi connectivity index (χ0v) is 15.5. The second kappa shape index (κ2) is 9.98. The summed E-state index contributed by atoms with van der Waals surface area (Å²) < 4.78 is 12.3. The minimum absolute atomic E-state index is 0. The van der Waals surface area contributed by atoms with Crippen LogP contribution in [0.15, 0.2) is 60.7 Å². The molecule has 0 aliphatic carbocycles. The third kappa shape index (κ3) is 5.81. The third-order valence-corrected chi connectivity index (χ3v) is 4.33. The monoisotopic (exact) mass is 378 g/mol. The number of benzene rings is 2. The van der Waals surface area contributed by atoms with Gasteiger partial charge in [0, 0.05) is 43.5 Å². The number of hydrogen-bond acceptors (Lipinski definition) is 2. The molecule has 2 aromatic carbocycles. The van der Waals surface area contributed by atoms with Crippen LogP contribution >= 0.6 is 0 Å². The first-order chi connectivity index (χ1) is 9.18. The fraction of sp³-hybridized carbons (Fsp3) is 0.125. The van der Waals surface area contributed by atoms with E-state index in [-0.39, 0.29) is 45.9 Å². The van der Waals surface area contributed by atoms with Crippen LogP contribution in [0.4, 0.5) is 0 Å². The molecule has 0 saturated carbocycles. The Morgan fingerprint density at radius 3 is 1.67 bits per heavy atom. The summed E-state index contributed by atoms with van der Waals surface area (Å²) in [4.78, 5) is 10.8. The molecule has 0 spiro atoms. The molecule has 2 aromatic rings. The SMILES string of the molecule is O=C(O)CS(=O)C(c1ccccc1)c1ccccc1.[CH3-].[Y].